The summed E-state index contributed by atoms with van der Waals surface area (Å²) in [6.07, 6.45) is 6.43. The van der Waals surface area contributed by atoms with Crippen LogP contribution in [0.15, 0.2) is 72.8 Å². The van der Waals surface area contributed by atoms with Crippen molar-refractivity contribution in [3.63, 3.8) is 0 Å². The van der Waals surface area contributed by atoms with E-state index < -0.39 is 17.7 Å². The van der Waals surface area contributed by atoms with Crippen LogP contribution in [-0.4, -0.2) is 38.8 Å². The van der Waals surface area contributed by atoms with Gasteiger partial charge < -0.3 is 14.7 Å². The maximum absolute atomic E-state index is 13.0. The SMILES string of the molecule is COc1cc(/C(O)=C2/C(=O)C(=O)N(Cc3cccnc3)C2c2cccnc2)ccc1Cl. The van der Waals surface area contributed by atoms with Crippen LogP contribution in [0.1, 0.15) is 22.7 Å². The summed E-state index contributed by atoms with van der Waals surface area (Å²) in [7, 11) is 1.45. The van der Waals surface area contributed by atoms with Crippen LogP contribution in [0.4, 0.5) is 0 Å². The molecule has 4 rings (SSSR count). The number of pyridine rings is 2. The number of aromatic nitrogens is 2. The van der Waals surface area contributed by atoms with Gasteiger partial charge in [-0.15, -0.1) is 0 Å². The zero-order chi connectivity index (χ0) is 22.0. The highest BCUT2D eigenvalue weighted by Gasteiger charge is 2.46. The second-order valence-electron chi connectivity index (χ2n) is 6.92. The van der Waals surface area contributed by atoms with Gasteiger partial charge in [-0.2, -0.15) is 0 Å². The van der Waals surface area contributed by atoms with E-state index in [0.717, 1.165) is 5.56 Å². The topological polar surface area (TPSA) is 92.6 Å². The fourth-order valence-corrected chi connectivity index (χ4v) is 3.77. The predicted molar refractivity (Wildman–Crippen MR) is 114 cm³/mol. The number of Topliss-reactive ketones (excluding diaryl/α,β-unsaturated/α-hetero) is 1. The second-order valence-corrected chi connectivity index (χ2v) is 7.33. The Morgan fingerprint density at radius 2 is 1.87 bits per heavy atom. The van der Waals surface area contributed by atoms with Crippen LogP contribution in [0.3, 0.4) is 0 Å². The van der Waals surface area contributed by atoms with E-state index in [4.69, 9.17) is 16.3 Å². The van der Waals surface area contributed by atoms with E-state index in [-0.39, 0.29) is 17.9 Å². The van der Waals surface area contributed by atoms with E-state index in [1.54, 1.807) is 55.1 Å². The summed E-state index contributed by atoms with van der Waals surface area (Å²) >= 11 is 6.08. The van der Waals surface area contributed by atoms with Gasteiger partial charge in [0.05, 0.1) is 23.7 Å². The summed E-state index contributed by atoms with van der Waals surface area (Å²) < 4.78 is 5.21. The van der Waals surface area contributed by atoms with E-state index in [1.165, 1.54) is 18.1 Å². The van der Waals surface area contributed by atoms with Gasteiger partial charge in [0.2, 0.25) is 0 Å². The van der Waals surface area contributed by atoms with E-state index in [1.807, 2.05) is 6.07 Å². The quantitative estimate of drug-likeness (QED) is 0.372. The van der Waals surface area contributed by atoms with E-state index >= 15 is 0 Å². The Kier molecular flexibility index (Phi) is 5.68. The van der Waals surface area contributed by atoms with E-state index in [9.17, 15) is 14.7 Å². The number of hydrogen-bond donors (Lipinski definition) is 1. The summed E-state index contributed by atoms with van der Waals surface area (Å²) in [6, 6.07) is 10.9. The lowest BCUT2D eigenvalue weighted by molar-refractivity contribution is -0.140. The molecule has 156 valence electrons. The van der Waals surface area contributed by atoms with Crippen molar-refractivity contribution in [2.75, 3.05) is 7.11 Å². The molecule has 0 bridgehead atoms. The van der Waals surface area contributed by atoms with Gasteiger partial charge in [-0.3, -0.25) is 19.6 Å². The molecule has 2 aromatic heterocycles. The molecule has 1 unspecified atom stereocenters. The van der Waals surface area contributed by atoms with Crippen molar-refractivity contribution < 1.29 is 19.4 Å². The maximum atomic E-state index is 13.0. The molecule has 1 amide bonds. The normalized spacial score (nSPS) is 17.7. The van der Waals surface area contributed by atoms with Gasteiger partial charge in [0, 0.05) is 36.9 Å². The number of methoxy groups -OCH3 is 1. The second kappa shape index (κ2) is 8.57. The third-order valence-electron chi connectivity index (χ3n) is 5.04. The van der Waals surface area contributed by atoms with Crippen LogP contribution < -0.4 is 4.74 Å². The molecule has 0 aliphatic carbocycles. The predicted octanol–water partition coefficient (Wildman–Crippen LogP) is 3.76. The summed E-state index contributed by atoms with van der Waals surface area (Å²) in [6.45, 7) is 0.151. The molecule has 8 heteroatoms. The van der Waals surface area contributed by atoms with E-state index in [2.05, 4.69) is 9.97 Å². The van der Waals surface area contributed by atoms with Gasteiger partial charge in [0.1, 0.15) is 11.5 Å². The highest BCUT2D eigenvalue weighted by atomic mass is 35.5. The Hall–Kier alpha value is -3.71. The zero-order valence-electron chi connectivity index (χ0n) is 16.5. The number of aliphatic hydroxyl groups is 1. The van der Waals surface area contributed by atoms with Crippen LogP contribution in [-0.2, 0) is 16.1 Å². The number of amides is 1. The minimum atomic E-state index is -0.810. The molecule has 1 N–H and O–H groups in total. The number of benzene rings is 1. The minimum Gasteiger partial charge on any atom is -0.507 e. The first-order valence-corrected chi connectivity index (χ1v) is 9.80. The van der Waals surface area contributed by atoms with Crippen molar-refractivity contribution in [2.45, 2.75) is 12.6 Å². The molecule has 1 aliphatic rings. The Bertz CT molecular complexity index is 1170. The molecule has 0 radical (unpaired) electrons. The molecule has 3 heterocycles. The molecule has 0 saturated carbocycles. The van der Waals surface area contributed by atoms with Crippen LogP contribution in [0.25, 0.3) is 5.76 Å². The molecule has 1 fully saturated rings. The molecular weight excluding hydrogens is 418 g/mol. The number of ether oxygens (including phenoxy) is 1. The number of aliphatic hydroxyl groups excluding tert-OH is 1. The van der Waals surface area contributed by atoms with Crippen LogP contribution in [0.5, 0.6) is 5.75 Å². The van der Waals surface area contributed by atoms with Crippen LogP contribution >= 0.6 is 11.6 Å². The third-order valence-corrected chi connectivity index (χ3v) is 5.35. The van der Waals surface area contributed by atoms with Crippen LogP contribution in [0.2, 0.25) is 5.02 Å². The number of hydrogen-bond acceptors (Lipinski definition) is 6. The number of ketones is 1. The Morgan fingerprint density at radius 1 is 1.13 bits per heavy atom. The summed E-state index contributed by atoms with van der Waals surface area (Å²) in [5, 5.41) is 11.4. The average Bonchev–Trinajstić information content (AvgIpc) is 3.05. The third kappa shape index (κ3) is 3.87. The molecular formula is C23H18ClN3O4. The van der Waals surface area contributed by atoms with Crippen molar-refractivity contribution >= 4 is 29.1 Å². The molecule has 1 atom stereocenters. The summed E-state index contributed by atoms with van der Waals surface area (Å²) in [5.74, 6) is -1.45. The standard InChI is InChI=1S/C23H18ClN3O4/c1-31-18-10-15(6-7-17(18)24)21(28)19-20(16-5-3-9-26-12-16)27(23(30)22(19)29)13-14-4-2-8-25-11-14/h2-12,20,28H,13H2,1H3/b21-19-. The fourth-order valence-electron chi connectivity index (χ4n) is 3.58. The molecule has 3 aromatic rings. The van der Waals surface area contributed by atoms with Crippen LogP contribution in [0, 0.1) is 0 Å². The number of carbonyl (C=O) groups is 2. The van der Waals surface area contributed by atoms with Gasteiger partial charge in [-0.1, -0.05) is 23.7 Å². The minimum absolute atomic E-state index is 0.0220. The Morgan fingerprint density at radius 3 is 2.52 bits per heavy atom. The number of halogens is 1. The van der Waals surface area contributed by atoms with Gasteiger partial charge >= 0.3 is 0 Å². The van der Waals surface area contributed by atoms with Gasteiger partial charge in [0.15, 0.2) is 0 Å². The number of nitrogens with zero attached hydrogens (tertiary/aromatic N) is 3. The molecule has 31 heavy (non-hydrogen) atoms. The smallest absolute Gasteiger partial charge is 0.295 e. The van der Waals surface area contributed by atoms with Gasteiger partial charge in [0.25, 0.3) is 11.7 Å². The molecule has 1 saturated heterocycles. The first-order valence-electron chi connectivity index (χ1n) is 9.42. The van der Waals surface area contributed by atoms with Crippen molar-refractivity contribution in [2.24, 2.45) is 0 Å². The largest absolute Gasteiger partial charge is 0.507 e. The highest BCUT2D eigenvalue weighted by Crippen LogP contribution is 2.40. The van der Waals surface area contributed by atoms with Gasteiger partial charge in [-0.25, -0.2) is 0 Å². The monoisotopic (exact) mass is 435 g/mol. The van der Waals surface area contributed by atoms with Crippen molar-refractivity contribution in [3.05, 3.63) is 94.5 Å². The molecule has 7 nitrogen and oxygen atoms in total. The van der Waals surface area contributed by atoms with Crippen molar-refractivity contribution in [1.82, 2.24) is 14.9 Å². The van der Waals surface area contributed by atoms with Gasteiger partial charge in [-0.05, 0) is 41.5 Å². The lowest BCUT2D eigenvalue weighted by atomic mass is 9.96. The zero-order valence-corrected chi connectivity index (χ0v) is 17.3. The summed E-state index contributed by atoms with van der Waals surface area (Å²) in [4.78, 5) is 35.6. The van der Waals surface area contributed by atoms with E-state index in [0.29, 0.717) is 21.9 Å². The van der Waals surface area contributed by atoms with Crippen molar-refractivity contribution in [3.8, 4) is 5.75 Å². The molecule has 1 aliphatic heterocycles. The summed E-state index contributed by atoms with van der Waals surface area (Å²) in [5.41, 5.74) is 1.65. The lowest BCUT2D eigenvalue weighted by Gasteiger charge is -2.25. The van der Waals surface area contributed by atoms with Crippen molar-refractivity contribution in [1.29, 1.82) is 0 Å². The first kappa shape index (κ1) is 20.6. The fraction of sp³-hybridized carbons (Fsp3) is 0.130. The Labute approximate surface area is 183 Å². The Balaban J connectivity index is 1.86. The lowest BCUT2D eigenvalue weighted by Crippen LogP contribution is -2.29. The highest BCUT2D eigenvalue weighted by molar-refractivity contribution is 6.46. The number of carbonyl (C=O) groups excluding carboxylic acids is 2. The average molecular weight is 436 g/mol. The molecule has 0 spiro atoms. The number of rotatable bonds is 5. The number of likely N-dealkylation sites (tertiary alicyclic amines) is 1. The maximum Gasteiger partial charge on any atom is 0.295 e. The molecule has 1 aromatic carbocycles. The first-order chi connectivity index (χ1) is 15.0.